The molecule has 4 amide bonds. The molecule has 0 radical (unpaired) electrons. The number of nitrogens with one attached hydrogen (secondary N) is 2. The summed E-state index contributed by atoms with van der Waals surface area (Å²) in [5, 5.41) is 5.52. The smallest absolute Gasteiger partial charge is 0.325 e. The fourth-order valence-corrected chi connectivity index (χ4v) is 3.25. The second-order valence-corrected chi connectivity index (χ2v) is 6.51. The Morgan fingerprint density at radius 2 is 1.96 bits per heavy atom. The summed E-state index contributed by atoms with van der Waals surface area (Å²) in [6, 6.07) is 4.60. The van der Waals surface area contributed by atoms with Gasteiger partial charge in [-0.05, 0) is 37.5 Å². The molecule has 8 nitrogen and oxygen atoms in total. The van der Waals surface area contributed by atoms with E-state index in [1.54, 1.807) is 12.1 Å². The predicted octanol–water partition coefficient (Wildman–Crippen LogP) is 1.70. The molecule has 1 aromatic rings. The standard InChI is InChI=1S/C18H23N3O5/c1-4-18(5-2)16(23)21(17(24)20-18)9-15(22)19-11(3)12-6-7-13-14(8-12)26-10-25-13/h6-8,11H,4-5,9-10H2,1-3H3,(H,19,22)(H,20,24). The second-order valence-electron chi connectivity index (χ2n) is 6.51. The lowest BCUT2D eigenvalue weighted by atomic mass is 9.93. The first kappa shape index (κ1) is 18.0. The minimum atomic E-state index is -0.902. The van der Waals surface area contributed by atoms with Crippen LogP contribution in [-0.4, -0.2) is 41.6 Å². The van der Waals surface area contributed by atoms with Crippen LogP contribution in [0.25, 0.3) is 0 Å². The highest BCUT2D eigenvalue weighted by Gasteiger charge is 2.49. The van der Waals surface area contributed by atoms with Crippen LogP contribution in [0.15, 0.2) is 18.2 Å². The number of imide groups is 1. The average Bonchev–Trinajstić information content (AvgIpc) is 3.19. The van der Waals surface area contributed by atoms with Gasteiger partial charge in [0.15, 0.2) is 11.5 Å². The van der Waals surface area contributed by atoms with E-state index in [9.17, 15) is 14.4 Å². The van der Waals surface area contributed by atoms with Gasteiger partial charge in [0.2, 0.25) is 12.7 Å². The number of benzene rings is 1. The van der Waals surface area contributed by atoms with Gasteiger partial charge in [-0.1, -0.05) is 19.9 Å². The Kier molecular flexibility index (Phi) is 4.76. The quantitative estimate of drug-likeness (QED) is 0.752. The zero-order valence-electron chi connectivity index (χ0n) is 15.1. The molecule has 0 bridgehead atoms. The molecule has 2 heterocycles. The van der Waals surface area contributed by atoms with E-state index in [2.05, 4.69) is 10.6 Å². The van der Waals surface area contributed by atoms with Crippen LogP contribution in [-0.2, 0) is 9.59 Å². The van der Waals surface area contributed by atoms with Gasteiger partial charge in [-0.2, -0.15) is 0 Å². The Labute approximate surface area is 151 Å². The first-order valence-corrected chi connectivity index (χ1v) is 8.73. The molecule has 0 aromatic heterocycles. The number of hydrogen-bond acceptors (Lipinski definition) is 5. The number of urea groups is 1. The third-order valence-corrected chi connectivity index (χ3v) is 5.03. The third-order valence-electron chi connectivity index (χ3n) is 5.03. The van der Waals surface area contributed by atoms with Crippen LogP contribution < -0.4 is 20.1 Å². The van der Waals surface area contributed by atoms with Crippen molar-refractivity contribution in [3.8, 4) is 11.5 Å². The molecule has 26 heavy (non-hydrogen) atoms. The zero-order chi connectivity index (χ0) is 18.9. The van der Waals surface area contributed by atoms with Gasteiger partial charge in [0.25, 0.3) is 5.91 Å². The highest BCUT2D eigenvalue weighted by Crippen LogP contribution is 2.34. The number of amides is 4. The average molecular weight is 361 g/mol. The van der Waals surface area contributed by atoms with E-state index >= 15 is 0 Å². The van der Waals surface area contributed by atoms with Crippen LogP contribution in [0.3, 0.4) is 0 Å². The van der Waals surface area contributed by atoms with Gasteiger partial charge in [0.05, 0.1) is 6.04 Å². The molecule has 0 spiro atoms. The molecular weight excluding hydrogens is 338 g/mol. The molecule has 0 saturated carbocycles. The molecule has 1 saturated heterocycles. The van der Waals surface area contributed by atoms with Crippen molar-refractivity contribution < 1.29 is 23.9 Å². The van der Waals surface area contributed by atoms with Crippen LogP contribution in [0.5, 0.6) is 11.5 Å². The maximum Gasteiger partial charge on any atom is 0.325 e. The van der Waals surface area contributed by atoms with E-state index < -0.39 is 17.5 Å². The van der Waals surface area contributed by atoms with Crippen LogP contribution >= 0.6 is 0 Å². The maximum atomic E-state index is 12.6. The summed E-state index contributed by atoms with van der Waals surface area (Å²) in [5.41, 5.74) is -0.0587. The fourth-order valence-electron chi connectivity index (χ4n) is 3.25. The van der Waals surface area contributed by atoms with Crippen molar-refractivity contribution in [3.05, 3.63) is 23.8 Å². The molecule has 1 atom stereocenters. The van der Waals surface area contributed by atoms with Gasteiger partial charge in [0, 0.05) is 0 Å². The van der Waals surface area contributed by atoms with Crippen LogP contribution in [0.2, 0.25) is 0 Å². The summed E-state index contributed by atoms with van der Waals surface area (Å²) >= 11 is 0. The summed E-state index contributed by atoms with van der Waals surface area (Å²) in [6.07, 6.45) is 0.972. The van der Waals surface area contributed by atoms with Crippen molar-refractivity contribution in [2.45, 2.75) is 45.2 Å². The molecule has 140 valence electrons. The molecule has 1 fully saturated rings. The molecule has 1 unspecified atom stereocenters. The molecule has 0 aliphatic carbocycles. The lowest BCUT2D eigenvalue weighted by Gasteiger charge is -2.23. The van der Waals surface area contributed by atoms with E-state index in [1.807, 2.05) is 26.8 Å². The van der Waals surface area contributed by atoms with E-state index in [0.29, 0.717) is 24.3 Å². The summed E-state index contributed by atoms with van der Waals surface area (Å²) in [6.45, 7) is 5.38. The monoisotopic (exact) mass is 361 g/mol. The van der Waals surface area contributed by atoms with Gasteiger partial charge in [-0.25, -0.2) is 4.79 Å². The number of nitrogens with zero attached hydrogens (tertiary/aromatic N) is 1. The van der Waals surface area contributed by atoms with E-state index in [4.69, 9.17) is 9.47 Å². The third kappa shape index (κ3) is 3.07. The molecule has 2 aliphatic rings. The summed E-state index contributed by atoms with van der Waals surface area (Å²) in [7, 11) is 0. The molecule has 3 rings (SSSR count). The number of hydrogen-bond donors (Lipinski definition) is 2. The van der Waals surface area contributed by atoms with Crippen LogP contribution in [0.4, 0.5) is 4.79 Å². The molecule has 1 aromatic carbocycles. The lowest BCUT2D eigenvalue weighted by Crippen LogP contribution is -2.46. The Morgan fingerprint density at radius 3 is 2.62 bits per heavy atom. The van der Waals surface area contributed by atoms with E-state index in [-0.39, 0.29) is 25.3 Å². The van der Waals surface area contributed by atoms with Crippen molar-refractivity contribution in [2.75, 3.05) is 13.3 Å². The summed E-state index contributed by atoms with van der Waals surface area (Å²) in [4.78, 5) is 38.0. The minimum Gasteiger partial charge on any atom is -0.454 e. The van der Waals surface area contributed by atoms with Gasteiger partial charge < -0.3 is 20.1 Å². The van der Waals surface area contributed by atoms with Gasteiger partial charge in [-0.15, -0.1) is 0 Å². The fraction of sp³-hybridized carbons (Fsp3) is 0.500. The van der Waals surface area contributed by atoms with Crippen LogP contribution in [0.1, 0.15) is 45.2 Å². The number of rotatable bonds is 6. The Bertz CT molecular complexity index is 744. The Morgan fingerprint density at radius 1 is 1.27 bits per heavy atom. The first-order valence-electron chi connectivity index (χ1n) is 8.73. The van der Waals surface area contributed by atoms with Crippen molar-refractivity contribution >= 4 is 17.8 Å². The minimum absolute atomic E-state index is 0.183. The normalized spacial score (nSPS) is 18.7. The largest absolute Gasteiger partial charge is 0.454 e. The highest BCUT2D eigenvalue weighted by molar-refractivity contribution is 6.09. The topological polar surface area (TPSA) is 97.0 Å². The van der Waals surface area contributed by atoms with Crippen molar-refractivity contribution in [1.29, 1.82) is 0 Å². The van der Waals surface area contributed by atoms with Crippen molar-refractivity contribution in [3.63, 3.8) is 0 Å². The summed E-state index contributed by atoms with van der Waals surface area (Å²) < 4.78 is 10.6. The van der Waals surface area contributed by atoms with Gasteiger partial charge in [-0.3, -0.25) is 14.5 Å². The van der Waals surface area contributed by atoms with E-state index in [1.165, 1.54) is 0 Å². The van der Waals surface area contributed by atoms with Gasteiger partial charge in [0.1, 0.15) is 12.1 Å². The van der Waals surface area contributed by atoms with Crippen molar-refractivity contribution in [2.24, 2.45) is 0 Å². The van der Waals surface area contributed by atoms with Crippen molar-refractivity contribution in [1.82, 2.24) is 15.5 Å². The lowest BCUT2D eigenvalue weighted by molar-refractivity contribution is -0.135. The number of fused-ring (bicyclic) bond motifs is 1. The Hall–Kier alpha value is -2.77. The molecule has 2 aliphatic heterocycles. The molecule has 2 N–H and O–H groups in total. The first-order chi connectivity index (χ1) is 12.4. The molecular formula is C18H23N3O5. The highest BCUT2D eigenvalue weighted by atomic mass is 16.7. The predicted molar refractivity (Wildman–Crippen MR) is 92.7 cm³/mol. The SMILES string of the molecule is CCC1(CC)NC(=O)N(CC(=O)NC(C)c2ccc3c(c2)OCO3)C1=O. The molecule has 8 heteroatoms. The van der Waals surface area contributed by atoms with E-state index in [0.717, 1.165) is 10.5 Å². The number of carbonyl (C=O) groups is 3. The number of ether oxygens (including phenoxy) is 2. The number of carbonyl (C=O) groups excluding carboxylic acids is 3. The second kappa shape index (κ2) is 6.86. The maximum absolute atomic E-state index is 12.6. The van der Waals surface area contributed by atoms with Gasteiger partial charge >= 0.3 is 6.03 Å². The zero-order valence-corrected chi connectivity index (χ0v) is 15.1. The Balaban J connectivity index is 1.63. The van der Waals surface area contributed by atoms with Crippen LogP contribution in [0, 0.1) is 0 Å². The summed E-state index contributed by atoms with van der Waals surface area (Å²) in [5.74, 6) is 0.551.